The SMILES string of the molecule is COC(=O)c1ccc(COc2cccc(N3CCN(C(=O)OC(C)(C)C)[C@@H](C)C3)n2)c(F)c1. The van der Waals surface area contributed by atoms with Gasteiger partial charge in [0.1, 0.15) is 23.8 Å². The number of pyridine rings is 1. The van der Waals surface area contributed by atoms with Crippen LogP contribution in [0.25, 0.3) is 0 Å². The molecule has 3 rings (SSSR count). The summed E-state index contributed by atoms with van der Waals surface area (Å²) in [6, 6.07) is 9.44. The molecule has 1 atom stereocenters. The van der Waals surface area contributed by atoms with E-state index in [1.54, 1.807) is 11.0 Å². The van der Waals surface area contributed by atoms with Gasteiger partial charge in [-0.1, -0.05) is 12.1 Å². The van der Waals surface area contributed by atoms with Crippen LogP contribution < -0.4 is 9.64 Å². The molecular formula is C24H30FN3O5. The smallest absolute Gasteiger partial charge is 0.410 e. The van der Waals surface area contributed by atoms with Crippen molar-refractivity contribution < 1.29 is 28.2 Å². The molecule has 1 aromatic heterocycles. The molecule has 1 saturated heterocycles. The first-order valence-corrected chi connectivity index (χ1v) is 10.8. The molecular weight excluding hydrogens is 429 g/mol. The maximum absolute atomic E-state index is 14.3. The summed E-state index contributed by atoms with van der Waals surface area (Å²) in [5.74, 6) is -0.0891. The first-order valence-electron chi connectivity index (χ1n) is 10.8. The number of rotatable bonds is 5. The third-order valence-corrected chi connectivity index (χ3v) is 5.14. The highest BCUT2D eigenvalue weighted by Gasteiger charge is 2.31. The van der Waals surface area contributed by atoms with Crippen LogP contribution >= 0.6 is 0 Å². The molecule has 2 heterocycles. The molecule has 0 N–H and O–H groups in total. The monoisotopic (exact) mass is 459 g/mol. The molecule has 0 unspecified atom stereocenters. The van der Waals surface area contributed by atoms with Crippen LogP contribution in [0.4, 0.5) is 15.0 Å². The number of halogens is 1. The predicted molar refractivity (Wildman–Crippen MR) is 121 cm³/mol. The molecule has 1 aliphatic rings. The molecule has 1 aromatic carbocycles. The number of carbonyl (C=O) groups excluding carboxylic acids is 2. The van der Waals surface area contributed by atoms with Gasteiger partial charge in [-0.3, -0.25) is 0 Å². The van der Waals surface area contributed by atoms with E-state index in [1.807, 2.05) is 39.8 Å². The van der Waals surface area contributed by atoms with Gasteiger partial charge < -0.3 is 24.0 Å². The number of ether oxygens (including phenoxy) is 3. The van der Waals surface area contributed by atoms with Crippen LogP contribution in [0.3, 0.4) is 0 Å². The summed E-state index contributed by atoms with van der Waals surface area (Å²) >= 11 is 0. The van der Waals surface area contributed by atoms with E-state index in [2.05, 4.69) is 14.6 Å². The van der Waals surface area contributed by atoms with Gasteiger partial charge in [-0.2, -0.15) is 4.98 Å². The van der Waals surface area contributed by atoms with Crippen LogP contribution in [0.1, 0.15) is 43.6 Å². The van der Waals surface area contributed by atoms with Gasteiger partial charge in [-0.25, -0.2) is 14.0 Å². The van der Waals surface area contributed by atoms with Crippen molar-refractivity contribution in [2.75, 3.05) is 31.6 Å². The lowest BCUT2D eigenvalue weighted by atomic mass is 10.1. The van der Waals surface area contributed by atoms with E-state index in [9.17, 15) is 14.0 Å². The normalized spacial score (nSPS) is 16.4. The Morgan fingerprint density at radius 3 is 2.58 bits per heavy atom. The van der Waals surface area contributed by atoms with Gasteiger partial charge in [0, 0.05) is 37.3 Å². The first-order chi connectivity index (χ1) is 15.6. The Hall–Kier alpha value is -3.36. The number of nitrogens with zero attached hydrogens (tertiary/aromatic N) is 3. The Morgan fingerprint density at radius 1 is 1.18 bits per heavy atom. The second kappa shape index (κ2) is 10.1. The average molecular weight is 460 g/mol. The topological polar surface area (TPSA) is 81.2 Å². The van der Waals surface area contributed by atoms with Crippen LogP contribution in [0.5, 0.6) is 5.88 Å². The minimum absolute atomic E-state index is 0.0352. The highest BCUT2D eigenvalue weighted by Crippen LogP contribution is 2.22. The van der Waals surface area contributed by atoms with Gasteiger partial charge in [0.05, 0.1) is 12.7 Å². The molecule has 0 spiro atoms. The van der Waals surface area contributed by atoms with Crippen molar-refractivity contribution in [1.29, 1.82) is 0 Å². The molecule has 0 bridgehead atoms. The number of aromatic nitrogens is 1. The molecule has 1 aliphatic heterocycles. The van der Waals surface area contributed by atoms with Crippen LogP contribution in [-0.4, -0.2) is 60.3 Å². The fraction of sp³-hybridized carbons (Fsp3) is 0.458. The molecule has 33 heavy (non-hydrogen) atoms. The number of piperazine rings is 1. The number of benzene rings is 1. The summed E-state index contributed by atoms with van der Waals surface area (Å²) < 4.78 is 30.1. The molecule has 1 amide bonds. The number of esters is 1. The van der Waals surface area contributed by atoms with Gasteiger partial charge in [0.25, 0.3) is 0 Å². The van der Waals surface area contributed by atoms with E-state index < -0.39 is 17.4 Å². The van der Waals surface area contributed by atoms with Crippen molar-refractivity contribution in [3.63, 3.8) is 0 Å². The largest absolute Gasteiger partial charge is 0.473 e. The summed E-state index contributed by atoms with van der Waals surface area (Å²) in [7, 11) is 1.24. The number of carbonyl (C=O) groups is 2. The maximum Gasteiger partial charge on any atom is 0.410 e. The summed E-state index contributed by atoms with van der Waals surface area (Å²) in [6.07, 6.45) is -0.320. The Balaban J connectivity index is 1.61. The molecule has 0 radical (unpaired) electrons. The van der Waals surface area contributed by atoms with Crippen LogP contribution in [0.2, 0.25) is 0 Å². The van der Waals surface area contributed by atoms with Crippen LogP contribution in [-0.2, 0) is 16.1 Å². The fourth-order valence-electron chi connectivity index (χ4n) is 3.48. The van der Waals surface area contributed by atoms with E-state index in [-0.39, 0.29) is 24.3 Å². The van der Waals surface area contributed by atoms with Crippen molar-refractivity contribution in [2.24, 2.45) is 0 Å². The molecule has 1 fully saturated rings. The van der Waals surface area contributed by atoms with Crippen molar-refractivity contribution in [3.8, 4) is 5.88 Å². The predicted octanol–water partition coefficient (Wildman–Crippen LogP) is 4.03. The minimum atomic E-state index is -0.600. The highest BCUT2D eigenvalue weighted by molar-refractivity contribution is 5.89. The van der Waals surface area contributed by atoms with Gasteiger partial charge in [0.2, 0.25) is 5.88 Å². The van der Waals surface area contributed by atoms with Gasteiger partial charge >= 0.3 is 12.1 Å². The molecule has 0 aliphatic carbocycles. The van der Waals surface area contributed by atoms with E-state index in [4.69, 9.17) is 9.47 Å². The van der Waals surface area contributed by atoms with Crippen molar-refractivity contribution in [2.45, 2.75) is 45.9 Å². The van der Waals surface area contributed by atoms with E-state index in [0.29, 0.717) is 36.9 Å². The van der Waals surface area contributed by atoms with E-state index in [1.165, 1.54) is 19.2 Å². The zero-order valence-electron chi connectivity index (χ0n) is 19.6. The van der Waals surface area contributed by atoms with E-state index >= 15 is 0 Å². The average Bonchev–Trinajstić information content (AvgIpc) is 2.76. The Morgan fingerprint density at radius 2 is 1.94 bits per heavy atom. The lowest BCUT2D eigenvalue weighted by molar-refractivity contribution is 0.0158. The number of amides is 1. The number of methoxy groups -OCH3 is 1. The van der Waals surface area contributed by atoms with Crippen LogP contribution in [0.15, 0.2) is 36.4 Å². The lowest BCUT2D eigenvalue weighted by Crippen LogP contribution is -2.55. The van der Waals surface area contributed by atoms with Gasteiger partial charge in [-0.05, 0) is 45.9 Å². The lowest BCUT2D eigenvalue weighted by Gasteiger charge is -2.40. The van der Waals surface area contributed by atoms with Crippen LogP contribution in [0, 0.1) is 5.82 Å². The zero-order chi connectivity index (χ0) is 24.2. The number of hydrogen-bond acceptors (Lipinski definition) is 7. The molecule has 9 heteroatoms. The molecule has 8 nitrogen and oxygen atoms in total. The third-order valence-electron chi connectivity index (χ3n) is 5.14. The van der Waals surface area contributed by atoms with Crippen molar-refractivity contribution >= 4 is 17.9 Å². The maximum atomic E-state index is 14.3. The Bertz CT molecular complexity index is 1010. The zero-order valence-corrected chi connectivity index (χ0v) is 19.6. The Labute approximate surface area is 193 Å². The Kier molecular flexibility index (Phi) is 7.40. The minimum Gasteiger partial charge on any atom is -0.473 e. The summed E-state index contributed by atoms with van der Waals surface area (Å²) in [6.45, 7) is 9.19. The summed E-state index contributed by atoms with van der Waals surface area (Å²) in [5.41, 5.74) is -0.103. The first kappa shape index (κ1) is 24.3. The molecule has 178 valence electrons. The van der Waals surface area contributed by atoms with Crippen molar-refractivity contribution in [1.82, 2.24) is 9.88 Å². The van der Waals surface area contributed by atoms with E-state index in [0.717, 1.165) is 6.07 Å². The fourth-order valence-corrected chi connectivity index (χ4v) is 3.48. The highest BCUT2D eigenvalue weighted by atomic mass is 19.1. The number of anilines is 1. The molecule has 2 aromatic rings. The standard InChI is InChI=1S/C24H30FN3O5/c1-16-14-27(11-12-28(16)23(30)33-24(2,3)4)20-7-6-8-21(26-20)32-15-18-10-9-17(13-19(18)25)22(29)31-5/h6-10,13,16H,11-12,14-15H2,1-5H3/t16-/m0/s1. The quantitative estimate of drug-likeness (QED) is 0.625. The molecule has 0 saturated carbocycles. The van der Waals surface area contributed by atoms with Crippen molar-refractivity contribution in [3.05, 3.63) is 53.3 Å². The second-order valence-corrected chi connectivity index (χ2v) is 8.89. The summed E-state index contributed by atoms with van der Waals surface area (Å²) in [4.78, 5) is 32.3. The van der Waals surface area contributed by atoms with Gasteiger partial charge in [-0.15, -0.1) is 0 Å². The number of hydrogen-bond donors (Lipinski definition) is 0. The van der Waals surface area contributed by atoms with Gasteiger partial charge in [0.15, 0.2) is 0 Å². The third kappa shape index (κ3) is 6.34. The second-order valence-electron chi connectivity index (χ2n) is 8.89. The summed E-state index contributed by atoms with van der Waals surface area (Å²) in [5, 5.41) is 0.